The monoisotopic (exact) mass is 444 g/mol. The van der Waals surface area contributed by atoms with Gasteiger partial charge in [0.25, 0.3) is 0 Å². The Labute approximate surface area is 193 Å². The first kappa shape index (κ1) is 21.3. The van der Waals surface area contributed by atoms with Gasteiger partial charge in [-0.25, -0.2) is 4.98 Å². The molecular weight excluding hydrogens is 416 g/mol. The molecule has 0 spiro atoms. The Kier molecular flexibility index (Phi) is 6.13. The molecule has 5 rings (SSSR count). The Balaban J connectivity index is 1.29. The third-order valence-corrected chi connectivity index (χ3v) is 6.06. The molecule has 2 aromatic heterocycles. The van der Waals surface area contributed by atoms with Crippen molar-refractivity contribution >= 4 is 16.9 Å². The van der Waals surface area contributed by atoms with Gasteiger partial charge in [0.2, 0.25) is 11.8 Å². The minimum atomic E-state index is 0.593. The zero-order valence-corrected chi connectivity index (χ0v) is 19.0. The lowest BCUT2D eigenvalue weighted by Crippen LogP contribution is -2.31. The molecule has 1 saturated heterocycles. The first-order chi connectivity index (χ1) is 16.2. The van der Waals surface area contributed by atoms with E-state index in [1.54, 1.807) is 26.5 Å². The van der Waals surface area contributed by atoms with Crippen LogP contribution in [0.25, 0.3) is 22.1 Å². The van der Waals surface area contributed by atoms with Gasteiger partial charge < -0.3 is 18.8 Å². The highest BCUT2D eigenvalue weighted by Gasteiger charge is 2.19. The predicted molar refractivity (Wildman–Crippen MR) is 129 cm³/mol. The van der Waals surface area contributed by atoms with Crippen LogP contribution in [0.4, 0.5) is 5.95 Å². The van der Waals surface area contributed by atoms with Gasteiger partial charge in [-0.15, -0.1) is 0 Å². The minimum Gasteiger partial charge on any atom is -0.496 e. The largest absolute Gasteiger partial charge is 0.496 e. The predicted octanol–water partition coefficient (Wildman–Crippen LogP) is 4.62. The van der Waals surface area contributed by atoms with Crippen LogP contribution in [0.1, 0.15) is 12.2 Å². The van der Waals surface area contributed by atoms with Gasteiger partial charge in [0.15, 0.2) is 0 Å². The Bertz CT molecular complexity index is 1240. The van der Waals surface area contributed by atoms with Crippen molar-refractivity contribution in [2.75, 3.05) is 45.3 Å². The fourth-order valence-electron chi connectivity index (χ4n) is 4.37. The van der Waals surface area contributed by atoms with Crippen LogP contribution in [0.15, 0.2) is 65.2 Å². The maximum atomic E-state index is 6.17. The Morgan fingerprint density at radius 3 is 2.73 bits per heavy atom. The van der Waals surface area contributed by atoms with Crippen LogP contribution in [0.5, 0.6) is 11.6 Å². The molecule has 170 valence electrons. The average Bonchev–Trinajstić information content (AvgIpc) is 3.12. The number of fused-ring (bicyclic) bond motifs is 1. The van der Waals surface area contributed by atoms with E-state index in [1.165, 1.54) is 0 Å². The molecule has 0 amide bonds. The van der Waals surface area contributed by atoms with Gasteiger partial charge in [0.05, 0.1) is 20.8 Å². The number of benzene rings is 2. The van der Waals surface area contributed by atoms with E-state index in [0.717, 1.165) is 78.7 Å². The van der Waals surface area contributed by atoms with E-state index in [2.05, 4.69) is 44.0 Å². The van der Waals surface area contributed by atoms with Crippen LogP contribution in [-0.2, 0) is 6.54 Å². The Morgan fingerprint density at radius 2 is 1.85 bits per heavy atom. The number of hydrogen-bond acceptors (Lipinski definition) is 7. The second-order valence-electron chi connectivity index (χ2n) is 8.18. The van der Waals surface area contributed by atoms with Gasteiger partial charge in [-0.2, -0.15) is 4.98 Å². The number of ether oxygens (including phenoxy) is 2. The fraction of sp³-hybridized carbons (Fsp3) is 0.308. The smallest absolute Gasteiger partial charge is 0.228 e. The van der Waals surface area contributed by atoms with Crippen molar-refractivity contribution in [3.05, 3.63) is 66.6 Å². The summed E-state index contributed by atoms with van der Waals surface area (Å²) in [6.45, 7) is 4.50. The normalized spacial score (nSPS) is 14.9. The minimum absolute atomic E-state index is 0.593. The summed E-state index contributed by atoms with van der Waals surface area (Å²) in [6.07, 6.45) is 2.79. The number of furan rings is 1. The molecule has 1 aliphatic rings. The van der Waals surface area contributed by atoms with Crippen LogP contribution in [-0.4, -0.2) is 55.3 Å². The van der Waals surface area contributed by atoms with Crippen LogP contribution in [0, 0.1) is 0 Å². The summed E-state index contributed by atoms with van der Waals surface area (Å²) < 4.78 is 17.0. The number of methoxy groups -OCH3 is 2. The number of aromatic nitrogens is 2. The van der Waals surface area contributed by atoms with E-state index >= 15 is 0 Å². The molecule has 0 bridgehead atoms. The molecule has 3 heterocycles. The zero-order chi connectivity index (χ0) is 22.6. The van der Waals surface area contributed by atoms with E-state index < -0.39 is 0 Å². The van der Waals surface area contributed by atoms with Gasteiger partial charge in [0.1, 0.15) is 17.1 Å². The van der Waals surface area contributed by atoms with Gasteiger partial charge in [-0.3, -0.25) is 4.90 Å². The lowest BCUT2D eigenvalue weighted by molar-refractivity contribution is 0.263. The maximum absolute atomic E-state index is 6.17. The molecule has 0 unspecified atom stereocenters. The third kappa shape index (κ3) is 4.64. The van der Waals surface area contributed by atoms with Crippen LogP contribution < -0.4 is 14.4 Å². The molecule has 0 N–H and O–H groups in total. The Hall–Kier alpha value is -3.58. The van der Waals surface area contributed by atoms with Crippen LogP contribution in [0.2, 0.25) is 0 Å². The molecule has 0 saturated carbocycles. The summed E-state index contributed by atoms with van der Waals surface area (Å²) >= 11 is 0. The Morgan fingerprint density at radius 1 is 0.939 bits per heavy atom. The van der Waals surface area contributed by atoms with E-state index in [-0.39, 0.29) is 0 Å². The summed E-state index contributed by atoms with van der Waals surface area (Å²) in [6, 6.07) is 18.3. The lowest BCUT2D eigenvalue weighted by atomic mass is 10.0. The molecule has 33 heavy (non-hydrogen) atoms. The third-order valence-electron chi connectivity index (χ3n) is 6.06. The summed E-state index contributed by atoms with van der Waals surface area (Å²) in [5.74, 6) is 3.17. The van der Waals surface area contributed by atoms with Gasteiger partial charge >= 0.3 is 0 Å². The second kappa shape index (κ2) is 9.50. The molecule has 7 nitrogen and oxygen atoms in total. The first-order valence-electron chi connectivity index (χ1n) is 11.2. The van der Waals surface area contributed by atoms with Gasteiger partial charge in [0, 0.05) is 49.4 Å². The maximum Gasteiger partial charge on any atom is 0.228 e. The van der Waals surface area contributed by atoms with Crippen molar-refractivity contribution in [1.82, 2.24) is 14.9 Å². The van der Waals surface area contributed by atoms with E-state index in [0.29, 0.717) is 5.88 Å². The second-order valence-corrected chi connectivity index (χ2v) is 8.18. The SMILES string of the molecule is COc1ccnc(N2CCCN(Cc3cc4cc(-c5ccccc5OC)ccc4o3)CC2)n1. The highest BCUT2D eigenvalue weighted by molar-refractivity contribution is 5.85. The lowest BCUT2D eigenvalue weighted by Gasteiger charge is -2.21. The summed E-state index contributed by atoms with van der Waals surface area (Å²) in [5.41, 5.74) is 3.11. The van der Waals surface area contributed by atoms with Gasteiger partial charge in [-0.1, -0.05) is 24.3 Å². The molecule has 1 aliphatic heterocycles. The molecule has 0 aliphatic carbocycles. The van der Waals surface area contributed by atoms with Crippen molar-refractivity contribution < 1.29 is 13.9 Å². The molecular formula is C26H28N4O3. The van der Waals surface area contributed by atoms with Crippen molar-refractivity contribution in [1.29, 1.82) is 0 Å². The molecule has 2 aromatic carbocycles. The highest BCUT2D eigenvalue weighted by atomic mass is 16.5. The standard InChI is InChI=1S/C26H28N4O3/c1-31-24-7-4-3-6-22(24)19-8-9-23-20(16-19)17-21(33-23)18-29-12-5-13-30(15-14-29)26-27-11-10-25(28-26)32-2/h3-4,6-11,16-17H,5,12-15,18H2,1-2H3. The van der Waals surface area contributed by atoms with Gasteiger partial charge in [-0.05, 0) is 36.2 Å². The molecule has 1 fully saturated rings. The highest BCUT2D eigenvalue weighted by Crippen LogP contribution is 2.32. The van der Waals surface area contributed by atoms with Crippen LogP contribution in [0.3, 0.4) is 0 Å². The molecule has 7 heteroatoms. The topological polar surface area (TPSA) is 63.9 Å². The van der Waals surface area contributed by atoms with E-state index in [9.17, 15) is 0 Å². The van der Waals surface area contributed by atoms with Crippen molar-refractivity contribution in [2.45, 2.75) is 13.0 Å². The van der Waals surface area contributed by atoms with E-state index in [1.807, 2.05) is 24.3 Å². The first-order valence-corrected chi connectivity index (χ1v) is 11.2. The molecule has 0 radical (unpaired) electrons. The van der Waals surface area contributed by atoms with E-state index in [4.69, 9.17) is 13.9 Å². The number of rotatable bonds is 6. The fourth-order valence-corrected chi connectivity index (χ4v) is 4.37. The summed E-state index contributed by atoms with van der Waals surface area (Å²) in [4.78, 5) is 13.6. The van der Waals surface area contributed by atoms with Crippen LogP contribution >= 0.6 is 0 Å². The van der Waals surface area contributed by atoms with Crippen molar-refractivity contribution in [3.8, 4) is 22.8 Å². The number of para-hydroxylation sites is 1. The zero-order valence-electron chi connectivity index (χ0n) is 19.0. The molecule has 4 aromatic rings. The number of anilines is 1. The summed E-state index contributed by atoms with van der Waals surface area (Å²) in [7, 11) is 3.33. The van der Waals surface area contributed by atoms with Crippen molar-refractivity contribution in [2.24, 2.45) is 0 Å². The number of nitrogens with zero attached hydrogens (tertiary/aromatic N) is 4. The average molecular weight is 445 g/mol. The number of hydrogen-bond donors (Lipinski definition) is 0. The van der Waals surface area contributed by atoms with Crippen molar-refractivity contribution in [3.63, 3.8) is 0 Å². The molecule has 0 atom stereocenters. The summed E-state index contributed by atoms with van der Waals surface area (Å²) in [5, 5.41) is 1.11. The quantitative estimate of drug-likeness (QED) is 0.430.